The van der Waals surface area contributed by atoms with E-state index in [-0.39, 0.29) is 23.3 Å². The average molecular weight is 329 g/mol. The van der Waals surface area contributed by atoms with Gasteiger partial charge in [0.15, 0.2) is 0 Å². The van der Waals surface area contributed by atoms with Crippen molar-refractivity contribution in [2.45, 2.75) is 26.8 Å². The highest BCUT2D eigenvalue weighted by atomic mass is 16.2. The smallest absolute Gasteiger partial charge is 0.286 e. The number of imidazole rings is 1. The summed E-state index contributed by atoms with van der Waals surface area (Å²) < 4.78 is 3.01. The van der Waals surface area contributed by atoms with Gasteiger partial charge in [-0.05, 0) is 12.8 Å². The molecule has 2 N–H and O–H groups in total. The zero-order valence-electron chi connectivity index (χ0n) is 13.9. The van der Waals surface area contributed by atoms with Crippen molar-refractivity contribution in [1.82, 2.24) is 34.4 Å². The van der Waals surface area contributed by atoms with Gasteiger partial charge >= 0.3 is 0 Å². The van der Waals surface area contributed by atoms with Gasteiger partial charge in [0.25, 0.3) is 17.2 Å². The zero-order chi connectivity index (χ0) is 17.4. The van der Waals surface area contributed by atoms with Crippen molar-refractivity contribution in [3.8, 4) is 0 Å². The maximum absolute atomic E-state index is 12.6. The second-order valence-corrected chi connectivity index (χ2v) is 6.01. The van der Waals surface area contributed by atoms with Crippen molar-refractivity contribution in [3.63, 3.8) is 0 Å². The van der Waals surface area contributed by atoms with Crippen LogP contribution in [0, 0.1) is 12.8 Å². The fraction of sp³-hybridized carbons (Fsp3) is 0.400. The maximum atomic E-state index is 12.6. The Morgan fingerprint density at radius 2 is 2.08 bits per heavy atom. The summed E-state index contributed by atoms with van der Waals surface area (Å²) in [6, 6.07) is -0.318. The molecule has 0 saturated carbocycles. The Labute approximate surface area is 137 Å². The molecule has 9 nitrogen and oxygen atoms in total. The molecule has 0 fully saturated rings. The van der Waals surface area contributed by atoms with Gasteiger partial charge in [-0.15, -0.1) is 0 Å². The normalized spacial score (nSPS) is 12.7. The van der Waals surface area contributed by atoms with Gasteiger partial charge in [-0.3, -0.25) is 14.7 Å². The summed E-state index contributed by atoms with van der Waals surface area (Å²) in [5, 5.41) is 5.65. The molecule has 0 unspecified atom stereocenters. The second-order valence-electron chi connectivity index (χ2n) is 6.01. The third-order valence-corrected chi connectivity index (χ3v) is 3.82. The van der Waals surface area contributed by atoms with Gasteiger partial charge in [0.2, 0.25) is 0 Å². The number of aryl methyl sites for hydroxylation is 2. The van der Waals surface area contributed by atoms with E-state index in [4.69, 9.17) is 0 Å². The lowest BCUT2D eigenvalue weighted by Crippen LogP contribution is -2.37. The van der Waals surface area contributed by atoms with E-state index >= 15 is 0 Å². The van der Waals surface area contributed by atoms with Gasteiger partial charge in [0, 0.05) is 25.6 Å². The predicted molar refractivity (Wildman–Crippen MR) is 86.6 cm³/mol. The van der Waals surface area contributed by atoms with E-state index in [2.05, 4.69) is 25.4 Å². The van der Waals surface area contributed by atoms with E-state index in [1.54, 1.807) is 13.1 Å². The van der Waals surface area contributed by atoms with Crippen molar-refractivity contribution in [3.05, 3.63) is 46.2 Å². The molecule has 3 aromatic rings. The van der Waals surface area contributed by atoms with Crippen LogP contribution in [-0.4, -0.2) is 35.0 Å². The van der Waals surface area contributed by atoms with Crippen LogP contribution in [0.3, 0.4) is 0 Å². The van der Waals surface area contributed by atoms with Crippen LogP contribution in [-0.2, 0) is 7.05 Å². The lowest BCUT2D eigenvalue weighted by atomic mass is 10.0. The Morgan fingerprint density at radius 1 is 1.33 bits per heavy atom. The number of carbonyl (C=O) groups excluding carboxylic acids is 1. The Balaban J connectivity index is 1.95. The molecule has 3 aromatic heterocycles. The van der Waals surface area contributed by atoms with Gasteiger partial charge < -0.3 is 9.88 Å². The standard InChI is InChI=1S/C15H19N7O2/c1-8(2)11(12-16-5-6-21(12)4)19-13(23)10-7-17-15-18-9(3)20-22(15)14(10)24/h5-8,11H,1-4H3,(H,19,23)(H,17,18,20)/t11-/m0/s1. The van der Waals surface area contributed by atoms with Crippen LogP contribution < -0.4 is 10.9 Å². The van der Waals surface area contributed by atoms with E-state index in [0.29, 0.717) is 5.82 Å². The molecule has 24 heavy (non-hydrogen) atoms. The number of aromatic amines is 1. The van der Waals surface area contributed by atoms with Gasteiger partial charge in [-0.2, -0.15) is 9.50 Å². The quantitative estimate of drug-likeness (QED) is 0.728. The summed E-state index contributed by atoms with van der Waals surface area (Å²) in [6.07, 6.45) is 4.74. The first-order valence-electron chi connectivity index (χ1n) is 7.61. The van der Waals surface area contributed by atoms with E-state index < -0.39 is 11.5 Å². The average Bonchev–Trinajstić information content (AvgIpc) is 3.10. The number of nitrogens with zero attached hydrogens (tertiary/aromatic N) is 5. The highest BCUT2D eigenvalue weighted by molar-refractivity contribution is 5.93. The molecule has 0 bridgehead atoms. The first-order chi connectivity index (χ1) is 11.4. The number of fused-ring (bicyclic) bond motifs is 1. The maximum Gasteiger partial charge on any atom is 0.286 e. The molecule has 0 aromatic carbocycles. The number of H-pyrrole nitrogens is 1. The number of rotatable bonds is 4. The van der Waals surface area contributed by atoms with Crippen molar-refractivity contribution in [1.29, 1.82) is 0 Å². The van der Waals surface area contributed by atoms with Gasteiger partial charge in [0.1, 0.15) is 17.2 Å². The second kappa shape index (κ2) is 5.91. The van der Waals surface area contributed by atoms with Crippen LogP contribution in [0.4, 0.5) is 0 Å². The molecule has 0 aliphatic heterocycles. The van der Waals surface area contributed by atoms with Crippen molar-refractivity contribution in [2.24, 2.45) is 13.0 Å². The molecule has 0 spiro atoms. The Hall–Kier alpha value is -2.97. The number of carbonyl (C=O) groups is 1. The summed E-state index contributed by atoms with van der Waals surface area (Å²) in [4.78, 5) is 37.5. The van der Waals surface area contributed by atoms with Crippen LogP contribution in [0.5, 0.6) is 0 Å². The first-order valence-corrected chi connectivity index (χ1v) is 7.61. The molecule has 1 amide bonds. The third-order valence-electron chi connectivity index (χ3n) is 3.82. The molecular weight excluding hydrogens is 310 g/mol. The topological polar surface area (TPSA) is 110 Å². The fourth-order valence-electron chi connectivity index (χ4n) is 2.54. The van der Waals surface area contributed by atoms with Gasteiger partial charge in [-0.1, -0.05) is 13.8 Å². The summed E-state index contributed by atoms with van der Waals surface area (Å²) in [5.74, 6) is 1.12. The summed E-state index contributed by atoms with van der Waals surface area (Å²) in [7, 11) is 1.86. The van der Waals surface area contributed by atoms with E-state index in [1.807, 2.05) is 31.7 Å². The highest BCUT2D eigenvalue weighted by Crippen LogP contribution is 2.19. The minimum atomic E-state index is -0.490. The third kappa shape index (κ3) is 2.68. The van der Waals surface area contributed by atoms with Crippen molar-refractivity contribution < 1.29 is 4.79 Å². The largest absolute Gasteiger partial charge is 0.342 e. The number of amides is 1. The summed E-state index contributed by atoms with van der Waals surface area (Å²) in [5.41, 5.74) is -0.531. The van der Waals surface area contributed by atoms with Crippen LogP contribution >= 0.6 is 0 Å². The summed E-state index contributed by atoms with van der Waals surface area (Å²) >= 11 is 0. The lowest BCUT2D eigenvalue weighted by molar-refractivity contribution is 0.0920. The van der Waals surface area contributed by atoms with Crippen LogP contribution in [0.25, 0.3) is 5.78 Å². The minimum absolute atomic E-state index is 0.0454. The molecule has 126 valence electrons. The zero-order valence-corrected chi connectivity index (χ0v) is 13.9. The van der Waals surface area contributed by atoms with E-state index in [1.165, 1.54) is 6.20 Å². The van der Waals surface area contributed by atoms with Crippen LogP contribution in [0.2, 0.25) is 0 Å². The molecule has 3 heterocycles. The Kier molecular flexibility index (Phi) is 3.92. The predicted octanol–water partition coefficient (Wildman–Crippen LogP) is 0.587. The molecule has 0 aliphatic carbocycles. The lowest BCUT2D eigenvalue weighted by Gasteiger charge is -2.21. The van der Waals surface area contributed by atoms with Crippen LogP contribution in [0.1, 0.15) is 41.9 Å². The van der Waals surface area contributed by atoms with E-state index in [0.717, 1.165) is 10.3 Å². The molecule has 9 heteroatoms. The van der Waals surface area contributed by atoms with E-state index in [9.17, 15) is 9.59 Å². The molecule has 3 rings (SSSR count). The molecule has 1 atom stereocenters. The molecule has 0 aliphatic rings. The summed E-state index contributed by atoms with van der Waals surface area (Å²) in [6.45, 7) is 5.67. The van der Waals surface area contributed by atoms with Gasteiger partial charge in [0.05, 0.1) is 6.04 Å². The highest BCUT2D eigenvalue weighted by Gasteiger charge is 2.24. The molecular formula is C15H19N7O2. The van der Waals surface area contributed by atoms with Gasteiger partial charge in [-0.25, -0.2) is 9.97 Å². The monoisotopic (exact) mass is 329 g/mol. The fourth-order valence-corrected chi connectivity index (χ4v) is 2.54. The molecule has 0 saturated heterocycles. The Morgan fingerprint density at radius 3 is 2.71 bits per heavy atom. The number of hydrogen-bond donors (Lipinski definition) is 2. The van der Waals surface area contributed by atoms with Crippen molar-refractivity contribution in [2.75, 3.05) is 0 Å². The SMILES string of the molecule is Cc1nc2ncc(C(=O)N[C@H](c3nccn3C)C(C)C)c(=O)n2[nH]1. The molecule has 0 radical (unpaired) electrons. The number of hydrogen-bond acceptors (Lipinski definition) is 5. The number of nitrogens with one attached hydrogen (secondary N) is 2. The first kappa shape index (κ1) is 15.9. The minimum Gasteiger partial charge on any atom is -0.342 e. The Bertz CT molecular complexity index is 950. The van der Waals surface area contributed by atoms with Crippen LogP contribution in [0.15, 0.2) is 23.4 Å². The van der Waals surface area contributed by atoms with Crippen molar-refractivity contribution >= 4 is 11.7 Å². The number of aromatic nitrogens is 6.